The predicted molar refractivity (Wildman–Crippen MR) is 79.3 cm³/mol. The maximum atomic E-state index is 10.5. The van der Waals surface area contributed by atoms with Gasteiger partial charge in [-0.1, -0.05) is 18.2 Å². The molecule has 0 atom stereocenters. The van der Waals surface area contributed by atoms with Crippen LogP contribution in [0.2, 0.25) is 0 Å². The molecule has 114 valence electrons. The van der Waals surface area contributed by atoms with Gasteiger partial charge in [-0.3, -0.25) is 4.79 Å². The van der Waals surface area contributed by atoms with Crippen molar-refractivity contribution in [3.8, 4) is 17.2 Å². The van der Waals surface area contributed by atoms with E-state index in [4.69, 9.17) is 19.3 Å². The van der Waals surface area contributed by atoms with Gasteiger partial charge >= 0.3 is 5.97 Å². The third-order valence-corrected chi connectivity index (χ3v) is 3.39. The number of ether oxygens (including phenoxy) is 3. The summed E-state index contributed by atoms with van der Waals surface area (Å²) in [5, 5.41) is 8.66. The average Bonchev–Trinajstić information content (AvgIpc) is 2.99. The molecule has 0 saturated carbocycles. The van der Waals surface area contributed by atoms with E-state index in [9.17, 15) is 4.79 Å². The summed E-state index contributed by atoms with van der Waals surface area (Å²) in [5.41, 5.74) is 1.98. The highest BCUT2D eigenvalue weighted by Crippen LogP contribution is 2.32. The molecule has 5 heteroatoms. The van der Waals surface area contributed by atoms with Gasteiger partial charge in [0, 0.05) is 6.42 Å². The first-order valence-electron chi connectivity index (χ1n) is 7.03. The van der Waals surface area contributed by atoms with E-state index < -0.39 is 5.97 Å². The van der Waals surface area contributed by atoms with Crippen molar-refractivity contribution >= 4 is 5.97 Å². The molecule has 3 rings (SSSR count). The number of aliphatic carboxylic acids is 1. The van der Waals surface area contributed by atoms with Gasteiger partial charge in [0.05, 0.1) is 0 Å². The van der Waals surface area contributed by atoms with Crippen molar-refractivity contribution in [1.82, 2.24) is 0 Å². The van der Waals surface area contributed by atoms with Crippen LogP contribution in [0.3, 0.4) is 0 Å². The monoisotopic (exact) mass is 300 g/mol. The lowest BCUT2D eigenvalue weighted by atomic mass is 10.1. The third kappa shape index (κ3) is 3.49. The first-order chi connectivity index (χ1) is 10.7. The molecule has 0 unspecified atom stereocenters. The number of fused-ring (bicyclic) bond motifs is 1. The van der Waals surface area contributed by atoms with Crippen LogP contribution in [-0.4, -0.2) is 17.9 Å². The zero-order valence-corrected chi connectivity index (χ0v) is 12.0. The van der Waals surface area contributed by atoms with Gasteiger partial charge in [0.2, 0.25) is 6.79 Å². The third-order valence-electron chi connectivity index (χ3n) is 3.39. The zero-order chi connectivity index (χ0) is 15.4. The summed E-state index contributed by atoms with van der Waals surface area (Å²) in [6, 6.07) is 13.2. The van der Waals surface area contributed by atoms with E-state index in [1.165, 1.54) is 0 Å². The summed E-state index contributed by atoms with van der Waals surface area (Å²) >= 11 is 0. The van der Waals surface area contributed by atoms with Gasteiger partial charge in [-0.2, -0.15) is 0 Å². The minimum absolute atomic E-state index is 0.136. The van der Waals surface area contributed by atoms with Crippen LogP contribution in [0.5, 0.6) is 17.2 Å². The number of aryl methyl sites for hydroxylation is 1. The summed E-state index contributed by atoms with van der Waals surface area (Å²) in [5.74, 6) is 1.46. The molecule has 0 aliphatic carbocycles. The average molecular weight is 300 g/mol. The van der Waals surface area contributed by atoms with Crippen LogP contribution < -0.4 is 14.2 Å². The second kappa shape index (κ2) is 6.39. The fourth-order valence-electron chi connectivity index (χ4n) is 2.20. The Morgan fingerprint density at radius 3 is 2.55 bits per heavy atom. The van der Waals surface area contributed by atoms with E-state index in [0.717, 1.165) is 28.4 Å². The molecular formula is C17H16O5. The van der Waals surface area contributed by atoms with Crippen molar-refractivity contribution in [1.29, 1.82) is 0 Å². The number of carboxylic acids is 1. The molecule has 1 aliphatic rings. The number of benzene rings is 2. The highest BCUT2D eigenvalue weighted by molar-refractivity contribution is 5.67. The normalized spacial score (nSPS) is 12.2. The Labute approximate surface area is 128 Å². The van der Waals surface area contributed by atoms with E-state index in [2.05, 4.69) is 0 Å². The minimum Gasteiger partial charge on any atom is -0.489 e. The molecule has 0 bridgehead atoms. The Kier molecular flexibility index (Phi) is 4.14. The molecule has 5 nitrogen and oxygen atoms in total. The highest BCUT2D eigenvalue weighted by atomic mass is 16.7. The maximum absolute atomic E-state index is 10.5. The second-order valence-corrected chi connectivity index (χ2v) is 5.01. The molecule has 2 aromatic carbocycles. The van der Waals surface area contributed by atoms with Gasteiger partial charge in [0.25, 0.3) is 0 Å². The molecule has 0 radical (unpaired) electrons. The SMILES string of the molecule is O=C(O)CCc1ccc(OCc2ccc3c(c2)OCO3)cc1. The van der Waals surface area contributed by atoms with Gasteiger partial charge in [0.15, 0.2) is 11.5 Å². The Hall–Kier alpha value is -2.69. The Morgan fingerprint density at radius 1 is 1.05 bits per heavy atom. The van der Waals surface area contributed by atoms with Crippen LogP contribution in [0.25, 0.3) is 0 Å². The van der Waals surface area contributed by atoms with Crippen molar-refractivity contribution in [3.05, 3.63) is 53.6 Å². The van der Waals surface area contributed by atoms with Crippen LogP contribution in [0.1, 0.15) is 17.5 Å². The van der Waals surface area contributed by atoms with E-state index in [-0.39, 0.29) is 13.2 Å². The van der Waals surface area contributed by atoms with E-state index in [1.54, 1.807) is 0 Å². The van der Waals surface area contributed by atoms with Gasteiger partial charge in [0.1, 0.15) is 12.4 Å². The van der Waals surface area contributed by atoms with Crippen molar-refractivity contribution in [2.24, 2.45) is 0 Å². The summed E-state index contributed by atoms with van der Waals surface area (Å²) in [6.45, 7) is 0.697. The van der Waals surface area contributed by atoms with Crippen LogP contribution in [0, 0.1) is 0 Å². The lowest BCUT2D eigenvalue weighted by molar-refractivity contribution is -0.136. The van der Waals surface area contributed by atoms with Crippen LogP contribution in [0.15, 0.2) is 42.5 Å². The Morgan fingerprint density at radius 2 is 1.77 bits per heavy atom. The zero-order valence-electron chi connectivity index (χ0n) is 12.0. The number of rotatable bonds is 6. The molecule has 0 fully saturated rings. The lowest BCUT2D eigenvalue weighted by Gasteiger charge is -2.08. The van der Waals surface area contributed by atoms with E-state index in [1.807, 2.05) is 42.5 Å². The fourth-order valence-corrected chi connectivity index (χ4v) is 2.20. The fraction of sp³-hybridized carbons (Fsp3) is 0.235. The summed E-state index contributed by atoms with van der Waals surface area (Å²) < 4.78 is 16.3. The molecule has 0 spiro atoms. The molecule has 1 aliphatic heterocycles. The summed E-state index contributed by atoms with van der Waals surface area (Å²) in [4.78, 5) is 10.5. The molecule has 1 heterocycles. The maximum Gasteiger partial charge on any atom is 0.303 e. The second-order valence-electron chi connectivity index (χ2n) is 5.01. The topological polar surface area (TPSA) is 65.0 Å². The van der Waals surface area contributed by atoms with E-state index in [0.29, 0.717) is 13.0 Å². The molecule has 0 saturated heterocycles. The Bertz CT molecular complexity index is 663. The van der Waals surface area contributed by atoms with Gasteiger partial charge in [-0.05, 0) is 41.8 Å². The first kappa shape index (κ1) is 14.3. The van der Waals surface area contributed by atoms with Gasteiger partial charge in [-0.25, -0.2) is 0 Å². The van der Waals surface area contributed by atoms with Crippen molar-refractivity contribution in [2.45, 2.75) is 19.4 Å². The summed E-state index contributed by atoms with van der Waals surface area (Å²) in [7, 11) is 0. The largest absolute Gasteiger partial charge is 0.489 e. The smallest absolute Gasteiger partial charge is 0.303 e. The van der Waals surface area contributed by atoms with E-state index >= 15 is 0 Å². The highest BCUT2D eigenvalue weighted by Gasteiger charge is 2.13. The number of hydrogen-bond donors (Lipinski definition) is 1. The molecule has 1 N–H and O–H groups in total. The van der Waals surface area contributed by atoms with Crippen LogP contribution in [-0.2, 0) is 17.8 Å². The van der Waals surface area contributed by atoms with Crippen LogP contribution >= 0.6 is 0 Å². The molecule has 0 amide bonds. The molecule has 22 heavy (non-hydrogen) atoms. The van der Waals surface area contributed by atoms with Crippen LogP contribution in [0.4, 0.5) is 0 Å². The molecule has 0 aromatic heterocycles. The van der Waals surface area contributed by atoms with Crippen molar-refractivity contribution in [2.75, 3.05) is 6.79 Å². The summed E-state index contributed by atoms with van der Waals surface area (Å²) in [6.07, 6.45) is 0.662. The minimum atomic E-state index is -0.789. The van der Waals surface area contributed by atoms with Crippen molar-refractivity contribution < 1.29 is 24.1 Å². The first-order valence-corrected chi connectivity index (χ1v) is 7.03. The quantitative estimate of drug-likeness (QED) is 0.888. The molecular weight excluding hydrogens is 284 g/mol. The Balaban J connectivity index is 1.56. The predicted octanol–water partition coefficient (Wildman–Crippen LogP) is 3.01. The van der Waals surface area contributed by atoms with Gasteiger partial charge < -0.3 is 19.3 Å². The number of carbonyl (C=O) groups is 1. The van der Waals surface area contributed by atoms with Gasteiger partial charge in [-0.15, -0.1) is 0 Å². The number of carboxylic acid groups (broad SMARTS) is 1. The number of hydrogen-bond acceptors (Lipinski definition) is 4. The molecule has 2 aromatic rings. The standard InChI is InChI=1S/C17H16O5/c18-17(19)8-4-12-1-5-14(6-2-12)20-10-13-3-7-15-16(9-13)22-11-21-15/h1-3,5-7,9H,4,8,10-11H2,(H,18,19). The van der Waals surface area contributed by atoms with Crippen molar-refractivity contribution in [3.63, 3.8) is 0 Å². The lowest BCUT2D eigenvalue weighted by Crippen LogP contribution is -1.98.